The zero-order valence-electron chi connectivity index (χ0n) is 11.5. The third-order valence-electron chi connectivity index (χ3n) is 2.96. The highest BCUT2D eigenvalue weighted by Crippen LogP contribution is 2.16. The van der Waals surface area contributed by atoms with Crippen molar-refractivity contribution in [2.24, 2.45) is 5.73 Å². The summed E-state index contributed by atoms with van der Waals surface area (Å²) < 4.78 is 10.2. The molecule has 0 spiro atoms. The molecule has 0 aliphatic heterocycles. The Balaban J connectivity index is 1.93. The second-order valence-electron chi connectivity index (χ2n) is 4.63. The van der Waals surface area contributed by atoms with Gasteiger partial charge in [0.1, 0.15) is 5.75 Å². The lowest BCUT2D eigenvalue weighted by Crippen LogP contribution is -2.11. The molecule has 0 aliphatic carbocycles. The molecule has 1 heterocycles. The highest BCUT2D eigenvalue weighted by molar-refractivity contribution is 5.27. The summed E-state index contributed by atoms with van der Waals surface area (Å²) >= 11 is 0. The molecule has 6 heteroatoms. The molecule has 0 saturated heterocycles. The maximum atomic E-state index is 9.23. The van der Waals surface area contributed by atoms with Gasteiger partial charge in [-0.25, -0.2) is 0 Å². The van der Waals surface area contributed by atoms with Crippen molar-refractivity contribution >= 4 is 0 Å². The number of phenols is 1. The summed E-state index contributed by atoms with van der Waals surface area (Å²) in [5.74, 6) is 1.28. The van der Waals surface area contributed by atoms with Gasteiger partial charge in [-0.05, 0) is 30.5 Å². The molecular weight excluding hydrogens is 258 g/mol. The van der Waals surface area contributed by atoms with Crippen LogP contribution in [0.1, 0.15) is 36.2 Å². The van der Waals surface area contributed by atoms with E-state index in [4.69, 9.17) is 15.0 Å². The first-order valence-electron chi connectivity index (χ1n) is 6.54. The van der Waals surface area contributed by atoms with Gasteiger partial charge in [-0.15, -0.1) is 0 Å². The minimum Gasteiger partial charge on any atom is -0.508 e. The number of phenolic OH excluding ortho intramolecular Hbond substituents is 1. The molecule has 20 heavy (non-hydrogen) atoms. The second-order valence-corrected chi connectivity index (χ2v) is 4.63. The van der Waals surface area contributed by atoms with Crippen LogP contribution in [0.5, 0.6) is 5.75 Å². The number of hydrogen-bond acceptors (Lipinski definition) is 6. The van der Waals surface area contributed by atoms with Crippen LogP contribution in [0, 0.1) is 0 Å². The number of nitrogens with two attached hydrogens (primary N) is 1. The highest BCUT2D eigenvalue weighted by Gasteiger charge is 2.14. The Labute approximate surface area is 117 Å². The van der Waals surface area contributed by atoms with Gasteiger partial charge in [0, 0.05) is 20.1 Å². The van der Waals surface area contributed by atoms with E-state index in [0.29, 0.717) is 24.7 Å². The third kappa shape index (κ3) is 4.04. The molecule has 1 unspecified atom stereocenters. The molecule has 3 N–H and O–H groups in total. The summed E-state index contributed by atoms with van der Waals surface area (Å²) in [7, 11) is 1.66. The molecule has 1 aromatic carbocycles. The Hall–Kier alpha value is -1.92. The normalized spacial score (nSPS) is 12.5. The Morgan fingerprint density at radius 2 is 2.10 bits per heavy atom. The van der Waals surface area contributed by atoms with Gasteiger partial charge < -0.3 is 20.1 Å². The smallest absolute Gasteiger partial charge is 0.243 e. The maximum Gasteiger partial charge on any atom is 0.243 e. The predicted molar refractivity (Wildman–Crippen MR) is 73.2 cm³/mol. The average Bonchev–Trinajstić information content (AvgIpc) is 2.90. The lowest BCUT2D eigenvalue weighted by molar-refractivity contribution is 0.188. The van der Waals surface area contributed by atoms with Crippen molar-refractivity contribution in [2.75, 3.05) is 13.7 Å². The molecule has 2 rings (SSSR count). The van der Waals surface area contributed by atoms with E-state index in [0.717, 1.165) is 18.4 Å². The monoisotopic (exact) mass is 277 g/mol. The van der Waals surface area contributed by atoms with Crippen molar-refractivity contribution < 1.29 is 14.4 Å². The standard InChI is InChI=1S/C14H19N3O3/c1-19-8-2-3-12(15)14-16-13(17-20-14)9-10-4-6-11(18)7-5-10/h4-7,12,18H,2-3,8-9,15H2,1H3. The quantitative estimate of drug-likeness (QED) is 0.749. The zero-order valence-corrected chi connectivity index (χ0v) is 11.5. The molecule has 0 radical (unpaired) electrons. The summed E-state index contributed by atoms with van der Waals surface area (Å²) in [4.78, 5) is 4.30. The molecule has 6 nitrogen and oxygen atoms in total. The number of ether oxygens (including phenoxy) is 1. The molecule has 0 fully saturated rings. The molecular formula is C14H19N3O3. The summed E-state index contributed by atoms with van der Waals surface area (Å²) in [6.45, 7) is 0.669. The van der Waals surface area contributed by atoms with E-state index in [1.54, 1.807) is 19.2 Å². The van der Waals surface area contributed by atoms with Gasteiger partial charge in [0.15, 0.2) is 5.82 Å². The van der Waals surface area contributed by atoms with Crippen LogP contribution >= 0.6 is 0 Å². The van der Waals surface area contributed by atoms with E-state index in [9.17, 15) is 5.11 Å². The van der Waals surface area contributed by atoms with E-state index >= 15 is 0 Å². The number of rotatable bonds is 7. The van der Waals surface area contributed by atoms with Crippen LogP contribution in [0.3, 0.4) is 0 Å². The second kappa shape index (κ2) is 7.02. The molecule has 0 saturated carbocycles. The molecule has 2 aromatic rings. The largest absolute Gasteiger partial charge is 0.508 e. The average molecular weight is 277 g/mol. The van der Waals surface area contributed by atoms with Crippen molar-refractivity contribution in [2.45, 2.75) is 25.3 Å². The van der Waals surface area contributed by atoms with Crippen LogP contribution in [0.4, 0.5) is 0 Å². The van der Waals surface area contributed by atoms with Gasteiger partial charge in [0.05, 0.1) is 6.04 Å². The first-order chi connectivity index (χ1) is 9.69. The molecule has 0 aliphatic rings. The first kappa shape index (κ1) is 14.5. The van der Waals surface area contributed by atoms with Crippen molar-refractivity contribution in [3.63, 3.8) is 0 Å². The van der Waals surface area contributed by atoms with E-state index in [2.05, 4.69) is 10.1 Å². The van der Waals surface area contributed by atoms with Crippen LogP contribution in [0.25, 0.3) is 0 Å². The van der Waals surface area contributed by atoms with Gasteiger partial charge in [-0.2, -0.15) is 4.98 Å². The summed E-state index contributed by atoms with van der Waals surface area (Å²) in [5.41, 5.74) is 6.98. The fourth-order valence-corrected chi connectivity index (χ4v) is 1.86. The van der Waals surface area contributed by atoms with E-state index < -0.39 is 0 Å². The number of aromatic nitrogens is 2. The fourth-order valence-electron chi connectivity index (χ4n) is 1.86. The van der Waals surface area contributed by atoms with Crippen LogP contribution in [-0.4, -0.2) is 29.0 Å². The Kier molecular flexibility index (Phi) is 5.09. The number of nitrogens with zero attached hydrogens (tertiary/aromatic N) is 2. The topological polar surface area (TPSA) is 94.4 Å². The highest BCUT2D eigenvalue weighted by atomic mass is 16.5. The molecule has 108 valence electrons. The SMILES string of the molecule is COCCCC(N)c1nc(Cc2ccc(O)cc2)no1. The van der Waals surface area contributed by atoms with Crippen molar-refractivity contribution in [3.8, 4) is 5.75 Å². The fraction of sp³-hybridized carbons (Fsp3) is 0.429. The predicted octanol–water partition coefficient (Wildman–Crippen LogP) is 1.79. The summed E-state index contributed by atoms with van der Waals surface area (Å²) in [6.07, 6.45) is 2.15. The minimum absolute atomic E-state index is 0.239. The Morgan fingerprint density at radius 3 is 2.80 bits per heavy atom. The summed E-state index contributed by atoms with van der Waals surface area (Å²) in [6, 6.07) is 6.65. The minimum atomic E-state index is -0.258. The van der Waals surface area contributed by atoms with Crippen LogP contribution in [0.2, 0.25) is 0 Å². The van der Waals surface area contributed by atoms with Gasteiger partial charge in [-0.1, -0.05) is 17.3 Å². The van der Waals surface area contributed by atoms with E-state index in [1.807, 2.05) is 12.1 Å². The van der Waals surface area contributed by atoms with Crippen molar-refractivity contribution in [1.82, 2.24) is 10.1 Å². The van der Waals surface area contributed by atoms with E-state index in [-0.39, 0.29) is 11.8 Å². The number of hydrogen-bond donors (Lipinski definition) is 2. The maximum absolute atomic E-state index is 9.23. The molecule has 1 atom stereocenters. The number of methoxy groups -OCH3 is 1. The number of aromatic hydroxyl groups is 1. The van der Waals surface area contributed by atoms with Gasteiger partial charge in [0.25, 0.3) is 0 Å². The van der Waals surface area contributed by atoms with E-state index in [1.165, 1.54) is 0 Å². The van der Waals surface area contributed by atoms with Crippen molar-refractivity contribution in [1.29, 1.82) is 0 Å². The third-order valence-corrected chi connectivity index (χ3v) is 2.96. The van der Waals surface area contributed by atoms with Crippen LogP contribution < -0.4 is 5.73 Å². The Morgan fingerprint density at radius 1 is 1.35 bits per heavy atom. The number of benzene rings is 1. The Bertz CT molecular complexity index is 525. The van der Waals surface area contributed by atoms with Gasteiger partial charge in [-0.3, -0.25) is 0 Å². The first-order valence-corrected chi connectivity index (χ1v) is 6.54. The molecule has 1 aromatic heterocycles. The van der Waals surface area contributed by atoms with Gasteiger partial charge >= 0.3 is 0 Å². The lowest BCUT2D eigenvalue weighted by atomic mass is 10.1. The van der Waals surface area contributed by atoms with Gasteiger partial charge in [0.2, 0.25) is 5.89 Å². The van der Waals surface area contributed by atoms with Crippen LogP contribution in [0.15, 0.2) is 28.8 Å². The van der Waals surface area contributed by atoms with Crippen LogP contribution in [-0.2, 0) is 11.2 Å². The van der Waals surface area contributed by atoms with Crippen molar-refractivity contribution in [3.05, 3.63) is 41.5 Å². The lowest BCUT2D eigenvalue weighted by Gasteiger charge is -2.04. The molecule has 0 bridgehead atoms. The summed E-state index contributed by atoms with van der Waals surface area (Å²) in [5, 5.41) is 13.1. The molecule has 0 amide bonds. The zero-order chi connectivity index (χ0) is 14.4.